The zero-order chi connectivity index (χ0) is 10.8. The number of piperidine rings is 1. The highest BCUT2D eigenvalue weighted by molar-refractivity contribution is 5.69. The number of rotatable bonds is 1. The zero-order valence-corrected chi connectivity index (χ0v) is 9.23. The number of carbonyl (C=O) groups excluding carboxylic acids is 1. The SMILES string of the molecule is CO/C=C1\C[C@H]2CC[C@@H](C1)N2C(=O)OC. The largest absolute Gasteiger partial charge is 0.504 e. The van der Waals surface area contributed by atoms with Gasteiger partial charge in [0.15, 0.2) is 0 Å². The van der Waals surface area contributed by atoms with Gasteiger partial charge in [-0.3, -0.25) is 0 Å². The normalized spacial score (nSPS) is 31.9. The smallest absolute Gasteiger partial charge is 0.410 e. The molecular formula is C11H17NO3. The van der Waals surface area contributed by atoms with Gasteiger partial charge >= 0.3 is 6.09 Å². The lowest BCUT2D eigenvalue weighted by atomic mass is 9.98. The Hall–Kier alpha value is -1.19. The summed E-state index contributed by atoms with van der Waals surface area (Å²) in [6.45, 7) is 0. The van der Waals surface area contributed by atoms with Crippen LogP contribution >= 0.6 is 0 Å². The van der Waals surface area contributed by atoms with Crippen LogP contribution in [0, 0.1) is 0 Å². The van der Waals surface area contributed by atoms with E-state index in [1.54, 1.807) is 7.11 Å². The van der Waals surface area contributed by atoms with Crippen molar-refractivity contribution in [3.05, 3.63) is 11.8 Å². The highest BCUT2D eigenvalue weighted by Gasteiger charge is 2.41. The van der Waals surface area contributed by atoms with Crippen LogP contribution in [0.25, 0.3) is 0 Å². The Bertz CT molecular complexity index is 272. The second-order valence-corrected chi connectivity index (χ2v) is 4.18. The number of ether oxygens (including phenoxy) is 2. The summed E-state index contributed by atoms with van der Waals surface area (Å²) in [6, 6.07) is 0.634. The van der Waals surface area contributed by atoms with Gasteiger partial charge in [0.2, 0.25) is 0 Å². The molecule has 2 atom stereocenters. The average Bonchev–Trinajstić information content (AvgIpc) is 2.50. The third-order valence-electron chi connectivity index (χ3n) is 3.29. The maximum absolute atomic E-state index is 11.5. The fourth-order valence-electron chi connectivity index (χ4n) is 2.72. The van der Waals surface area contributed by atoms with Gasteiger partial charge in [-0.1, -0.05) is 0 Å². The minimum atomic E-state index is -0.182. The minimum Gasteiger partial charge on any atom is -0.504 e. The average molecular weight is 211 g/mol. The Balaban J connectivity index is 2.10. The van der Waals surface area contributed by atoms with Crippen LogP contribution in [0.15, 0.2) is 11.8 Å². The van der Waals surface area contributed by atoms with Crippen LogP contribution < -0.4 is 0 Å². The van der Waals surface area contributed by atoms with E-state index in [0.29, 0.717) is 12.1 Å². The molecule has 2 heterocycles. The number of hydrogen-bond donors (Lipinski definition) is 0. The number of amides is 1. The second kappa shape index (κ2) is 4.13. The molecule has 15 heavy (non-hydrogen) atoms. The number of fused-ring (bicyclic) bond motifs is 2. The van der Waals surface area contributed by atoms with E-state index in [4.69, 9.17) is 9.47 Å². The number of nitrogens with zero attached hydrogens (tertiary/aromatic N) is 1. The molecule has 0 radical (unpaired) electrons. The summed E-state index contributed by atoms with van der Waals surface area (Å²) in [6.07, 6.45) is 5.67. The van der Waals surface area contributed by atoms with Gasteiger partial charge in [0.05, 0.1) is 20.5 Å². The molecule has 0 aliphatic carbocycles. The Kier molecular flexibility index (Phi) is 2.84. The van der Waals surface area contributed by atoms with Crippen LogP contribution in [-0.4, -0.2) is 37.3 Å². The molecule has 2 bridgehead atoms. The van der Waals surface area contributed by atoms with Crippen LogP contribution in [0.2, 0.25) is 0 Å². The van der Waals surface area contributed by atoms with E-state index in [1.807, 2.05) is 11.2 Å². The molecule has 0 aromatic carbocycles. The lowest BCUT2D eigenvalue weighted by molar-refractivity contribution is 0.0941. The molecule has 2 fully saturated rings. The first-order valence-electron chi connectivity index (χ1n) is 5.33. The van der Waals surface area contributed by atoms with Crippen LogP contribution in [-0.2, 0) is 9.47 Å². The van der Waals surface area contributed by atoms with E-state index in [2.05, 4.69) is 0 Å². The van der Waals surface area contributed by atoms with Gasteiger partial charge in [0, 0.05) is 12.1 Å². The summed E-state index contributed by atoms with van der Waals surface area (Å²) >= 11 is 0. The molecule has 1 amide bonds. The summed E-state index contributed by atoms with van der Waals surface area (Å²) in [4.78, 5) is 13.4. The van der Waals surface area contributed by atoms with Crippen molar-refractivity contribution >= 4 is 6.09 Å². The molecule has 0 aromatic rings. The van der Waals surface area contributed by atoms with Crippen LogP contribution in [0.4, 0.5) is 4.79 Å². The zero-order valence-electron chi connectivity index (χ0n) is 9.23. The number of hydrogen-bond acceptors (Lipinski definition) is 3. The van der Waals surface area contributed by atoms with E-state index in [-0.39, 0.29) is 6.09 Å². The quantitative estimate of drug-likeness (QED) is 0.622. The molecule has 2 aliphatic rings. The first kappa shape index (κ1) is 10.3. The molecule has 0 N–H and O–H groups in total. The van der Waals surface area contributed by atoms with Gasteiger partial charge in [-0.2, -0.15) is 0 Å². The fourth-order valence-corrected chi connectivity index (χ4v) is 2.72. The summed E-state index contributed by atoms with van der Waals surface area (Å²) in [7, 11) is 3.11. The molecule has 0 unspecified atom stereocenters. The Morgan fingerprint density at radius 2 is 1.93 bits per heavy atom. The Morgan fingerprint density at radius 3 is 2.40 bits per heavy atom. The van der Waals surface area contributed by atoms with Crippen molar-refractivity contribution in [2.45, 2.75) is 37.8 Å². The minimum absolute atomic E-state index is 0.182. The molecular weight excluding hydrogens is 194 g/mol. The Morgan fingerprint density at radius 1 is 1.33 bits per heavy atom. The van der Waals surface area contributed by atoms with E-state index in [1.165, 1.54) is 12.7 Å². The van der Waals surface area contributed by atoms with Crippen molar-refractivity contribution in [1.82, 2.24) is 4.90 Å². The van der Waals surface area contributed by atoms with Gasteiger partial charge < -0.3 is 14.4 Å². The lowest BCUT2D eigenvalue weighted by Gasteiger charge is -2.34. The summed E-state index contributed by atoms with van der Waals surface area (Å²) in [5.74, 6) is 0. The summed E-state index contributed by atoms with van der Waals surface area (Å²) in [5, 5.41) is 0. The molecule has 2 aliphatic heterocycles. The van der Waals surface area contributed by atoms with Crippen molar-refractivity contribution in [3.8, 4) is 0 Å². The van der Waals surface area contributed by atoms with Crippen molar-refractivity contribution in [1.29, 1.82) is 0 Å². The molecule has 4 nitrogen and oxygen atoms in total. The summed E-state index contributed by atoms with van der Waals surface area (Å²) in [5.41, 5.74) is 1.31. The molecule has 0 aromatic heterocycles. The predicted octanol–water partition coefficient (Wildman–Crippen LogP) is 1.91. The topological polar surface area (TPSA) is 38.8 Å². The van der Waals surface area contributed by atoms with Crippen molar-refractivity contribution in [2.75, 3.05) is 14.2 Å². The first-order chi connectivity index (χ1) is 7.26. The molecule has 0 saturated carbocycles. The first-order valence-corrected chi connectivity index (χ1v) is 5.33. The standard InChI is InChI=1S/C11H17NO3/c1-14-7-8-5-9-3-4-10(6-8)12(9)11(13)15-2/h7,9-10H,3-6H2,1-2H3/b8-7-/t9-,10+/m0/s1. The van der Waals surface area contributed by atoms with Gasteiger partial charge in [-0.15, -0.1) is 0 Å². The van der Waals surface area contributed by atoms with E-state index in [0.717, 1.165) is 25.7 Å². The molecule has 84 valence electrons. The van der Waals surface area contributed by atoms with Crippen LogP contribution in [0.1, 0.15) is 25.7 Å². The van der Waals surface area contributed by atoms with Crippen molar-refractivity contribution in [3.63, 3.8) is 0 Å². The monoisotopic (exact) mass is 211 g/mol. The fraction of sp³-hybridized carbons (Fsp3) is 0.727. The second-order valence-electron chi connectivity index (χ2n) is 4.18. The maximum Gasteiger partial charge on any atom is 0.410 e. The van der Waals surface area contributed by atoms with Gasteiger partial charge in [-0.05, 0) is 31.3 Å². The van der Waals surface area contributed by atoms with Gasteiger partial charge in [0.25, 0.3) is 0 Å². The van der Waals surface area contributed by atoms with Crippen molar-refractivity contribution < 1.29 is 14.3 Å². The molecule has 2 saturated heterocycles. The molecule has 0 spiro atoms. The third kappa shape index (κ3) is 1.80. The highest BCUT2D eigenvalue weighted by Crippen LogP contribution is 2.38. The van der Waals surface area contributed by atoms with E-state index < -0.39 is 0 Å². The van der Waals surface area contributed by atoms with Gasteiger partial charge in [-0.25, -0.2) is 4.79 Å². The number of carbonyl (C=O) groups is 1. The molecule has 4 heteroatoms. The van der Waals surface area contributed by atoms with Crippen LogP contribution in [0.5, 0.6) is 0 Å². The summed E-state index contributed by atoms with van der Waals surface area (Å²) < 4.78 is 9.83. The predicted molar refractivity (Wildman–Crippen MR) is 55.4 cm³/mol. The van der Waals surface area contributed by atoms with Gasteiger partial charge in [0.1, 0.15) is 0 Å². The van der Waals surface area contributed by atoms with Crippen LogP contribution in [0.3, 0.4) is 0 Å². The number of methoxy groups -OCH3 is 2. The van der Waals surface area contributed by atoms with Crippen molar-refractivity contribution in [2.24, 2.45) is 0 Å². The van der Waals surface area contributed by atoms with E-state index >= 15 is 0 Å². The Labute approximate surface area is 89.8 Å². The molecule has 2 rings (SSSR count). The van der Waals surface area contributed by atoms with E-state index in [9.17, 15) is 4.79 Å². The lowest BCUT2D eigenvalue weighted by Crippen LogP contribution is -2.44. The third-order valence-corrected chi connectivity index (χ3v) is 3.29. The highest BCUT2D eigenvalue weighted by atomic mass is 16.5. The maximum atomic E-state index is 11.5.